The van der Waals surface area contributed by atoms with Crippen molar-refractivity contribution in [3.05, 3.63) is 0 Å². The van der Waals surface area contributed by atoms with E-state index in [-0.39, 0.29) is 11.3 Å². The first-order chi connectivity index (χ1) is 6.36. The fourth-order valence-corrected chi connectivity index (χ4v) is 3.61. The Balaban J connectivity index is 2.32. The Morgan fingerprint density at radius 2 is 2.21 bits per heavy atom. The summed E-state index contributed by atoms with van der Waals surface area (Å²) in [6, 6.07) is -1.27. The van der Waals surface area contributed by atoms with Crippen LogP contribution in [0.5, 0.6) is 0 Å². The van der Waals surface area contributed by atoms with E-state index in [9.17, 15) is 9.59 Å². The Bertz CT molecular complexity index is 318. The summed E-state index contributed by atoms with van der Waals surface area (Å²) in [6.45, 7) is 3.66. The molecule has 1 amide bonds. The van der Waals surface area contributed by atoms with Crippen LogP contribution < -0.4 is 5.73 Å². The highest BCUT2D eigenvalue weighted by Crippen LogP contribution is 2.50. The molecule has 0 spiro atoms. The first-order valence-electron chi connectivity index (χ1n) is 4.34. The standard InChI is InChI=1S/C8H12N2O3S/c1-8(2)4(7(12)13)10-5(11)3(9)6(10)14-8/h3-4,6H,9H2,1-2H3,(H,12,13)/t3-,4?,6-/m1/s1. The maximum atomic E-state index is 11.4. The SMILES string of the molecule is CC1(C)S[C@@H]2[C@H](N)C(=O)N2C1C(=O)O. The third-order valence-electron chi connectivity index (χ3n) is 2.72. The lowest BCUT2D eigenvalue weighted by Crippen LogP contribution is -2.68. The van der Waals surface area contributed by atoms with Crippen molar-refractivity contribution in [3.8, 4) is 0 Å². The number of fused-ring (bicyclic) bond motifs is 1. The average molecular weight is 216 g/mol. The Labute approximate surface area is 85.6 Å². The van der Waals surface area contributed by atoms with Crippen LogP contribution in [0.25, 0.3) is 0 Å². The fraction of sp³-hybridized carbons (Fsp3) is 0.750. The number of hydrogen-bond donors (Lipinski definition) is 2. The number of rotatable bonds is 1. The number of hydrogen-bond acceptors (Lipinski definition) is 4. The summed E-state index contributed by atoms with van der Waals surface area (Å²) in [5.41, 5.74) is 5.59. The molecule has 5 nitrogen and oxygen atoms in total. The van der Waals surface area contributed by atoms with E-state index in [2.05, 4.69) is 0 Å². The fourth-order valence-electron chi connectivity index (χ4n) is 2.04. The van der Waals surface area contributed by atoms with E-state index in [0.29, 0.717) is 0 Å². The number of carbonyl (C=O) groups is 2. The number of carboxylic acids is 1. The maximum absolute atomic E-state index is 11.4. The van der Waals surface area contributed by atoms with Gasteiger partial charge in [0, 0.05) is 4.75 Å². The summed E-state index contributed by atoms with van der Waals surface area (Å²) < 4.78 is -0.458. The van der Waals surface area contributed by atoms with Crippen LogP contribution in [-0.4, -0.2) is 44.1 Å². The normalized spacial score (nSPS) is 39.2. The second-order valence-electron chi connectivity index (χ2n) is 4.12. The van der Waals surface area contributed by atoms with Crippen molar-refractivity contribution in [3.63, 3.8) is 0 Å². The smallest absolute Gasteiger partial charge is 0.327 e. The number of aliphatic carboxylic acids is 1. The summed E-state index contributed by atoms with van der Waals surface area (Å²) >= 11 is 1.47. The molecule has 78 valence electrons. The lowest BCUT2D eigenvalue weighted by Gasteiger charge is -2.41. The molecular weight excluding hydrogens is 204 g/mol. The minimum absolute atomic E-state index is 0.154. The number of nitrogens with two attached hydrogens (primary N) is 1. The van der Waals surface area contributed by atoms with Gasteiger partial charge in [-0.3, -0.25) is 4.79 Å². The van der Waals surface area contributed by atoms with Crippen LogP contribution in [0.15, 0.2) is 0 Å². The van der Waals surface area contributed by atoms with E-state index >= 15 is 0 Å². The first-order valence-corrected chi connectivity index (χ1v) is 5.22. The number of thioether (sulfide) groups is 1. The van der Waals surface area contributed by atoms with Crippen LogP contribution in [-0.2, 0) is 9.59 Å². The van der Waals surface area contributed by atoms with Crippen LogP contribution >= 0.6 is 11.8 Å². The molecule has 2 aliphatic heterocycles. The van der Waals surface area contributed by atoms with E-state index < -0.39 is 22.8 Å². The van der Waals surface area contributed by atoms with Gasteiger partial charge in [0.05, 0.1) is 0 Å². The number of amides is 1. The predicted molar refractivity (Wildman–Crippen MR) is 51.7 cm³/mol. The van der Waals surface area contributed by atoms with Crippen LogP contribution in [0.2, 0.25) is 0 Å². The zero-order valence-electron chi connectivity index (χ0n) is 7.93. The van der Waals surface area contributed by atoms with Gasteiger partial charge in [-0.2, -0.15) is 0 Å². The Kier molecular flexibility index (Phi) is 1.84. The molecule has 14 heavy (non-hydrogen) atoms. The third kappa shape index (κ3) is 1.01. The molecule has 0 aromatic heterocycles. The highest BCUT2D eigenvalue weighted by molar-refractivity contribution is 8.01. The summed E-state index contributed by atoms with van der Waals surface area (Å²) in [5, 5.41) is 8.87. The lowest BCUT2D eigenvalue weighted by molar-refractivity contribution is -0.159. The topological polar surface area (TPSA) is 83.6 Å². The maximum Gasteiger partial charge on any atom is 0.327 e. The molecular formula is C8H12N2O3S. The minimum atomic E-state index is -0.953. The molecule has 0 aromatic rings. The molecule has 3 N–H and O–H groups in total. The van der Waals surface area contributed by atoms with Crippen LogP contribution in [0.4, 0.5) is 0 Å². The van der Waals surface area contributed by atoms with Gasteiger partial charge in [-0.15, -0.1) is 11.8 Å². The highest BCUT2D eigenvalue weighted by Gasteiger charge is 2.62. The van der Waals surface area contributed by atoms with Crippen molar-refractivity contribution >= 4 is 23.6 Å². The van der Waals surface area contributed by atoms with Crippen LogP contribution in [0.3, 0.4) is 0 Å². The number of β-lactam (4-membered cyclic amide) rings is 1. The molecule has 2 heterocycles. The van der Waals surface area contributed by atoms with Gasteiger partial charge in [0.2, 0.25) is 5.91 Å². The van der Waals surface area contributed by atoms with Gasteiger partial charge in [0.15, 0.2) is 0 Å². The van der Waals surface area contributed by atoms with Gasteiger partial charge in [-0.05, 0) is 13.8 Å². The monoisotopic (exact) mass is 216 g/mol. The van der Waals surface area contributed by atoms with Gasteiger partial charge in [0.25, 0.3) is 0 Å². The summed E-state index contributed by atoms with van der Waals surface area (Å²) in [7, 11) is 0. The predicted octanol–water partition coefficient (Wildman–Crippen LogP) is -0.539. The number of carbonyl (C=O) groups excluding carboxylic acids is 1. The van der Waals surface area contributed by atoms with E-state index in [4.69, 9.17) is 10.8 Å². The number of carboxylic acid groups (broad SMARTS) is 1. The van der Waals surface area contributed by atoms with Crippen molar-refractivity contribution in [1.29, 1.82) is 0 Å². The lowest BCUT2D eigenvalue weighted by atomic mass is 9.96. The Morgan fingerprint density at radius 3 is 2.71 bits per heavy atom. The second-order valence-corrected chi connectivity index (χ2v) is 5.89. The van der Waals surface area contributed by atoms with E-state index in [1.807, 2.05) is 13.8 Å². The van der Waals surface area contributed by atoms with Crippen LogP contribution in [0, 0.1) is 0 Å². The Morgan fingerprint density at radius 1 is 1.64 bits per heavy atom. The number of nitrogens with zero attached hydrogens (tertiary/aromatic N) is 1. The van der Waals surface area contributed by atoms with Crippen LogP contribution in [0.1, 0.15) is 13.8 Å². The zero-order valence-corrected chi connectivity index (χ0v) is 8.75. The van der Waals surface area contributed by atoms with Crippen molar-refractivity contribution in [2.45, 2.75) is 36.1 Å². The molecule has 0 aliphatic carbocycles. The molecule has 2 rings (SSSR count). The minimum Gasteiger partial charge on any atom is -0.480 e. The molecule has 6 heteroatoms. The average Bonchev–Trinajstić information content (AvgIpc) is 2.34. The van der Waals surface area contributed by atoms with Gasteiger partial charge >= 0.3 is 5.97 Å². The second kappa shape index (κ2) is 2.64. The summed E-state index contributed by atoms with van der Waals surface area (Å²) in [6.07, 6.45) is 0. The van der Waals surface area contributed by atoms with Crippen molar-refractivity contribution < 1.29 is 14.7 Å². The van der Waals surface area contributed by atoms with Crippen molar-refractivity contribution in [2.75, 3.05) is 0 Å². The van der Waals surface area contributed by atoms with Crippen molar-refractivity contribution in [1.82, 2.24) is 4.90 Å². The summed E-state index contributed by atoms with van der Waals surface area (Å²) in [5.74, 6) is -1.20. The third-order valence-corrected chi connectivity index (χ3v) is 4.31. The van der Waals surface area contributed by atoms with E-state index in [0.717, 1.165) is 0 Å². The molecule has 2 aliphatic rings. The van der Waals surface area contributed by atoms with Gasteiger partial charge in [-0.1, -0.05) is 0 Å². The molecule has 0 saturated carbocycles. The molecule has 2 fully saturated rings. The molecule has 0 radical (unpaired) electrons. The largest absolute Gasteiger partial charge is 0.480 e. The zero-order chi connectivity index (χ0) is 10.7. The van der Waals surface area contributed by atoms with E-state index in [1.165, 1.54) is 16.7 Å². The molecule has 1 unspecified atom stereocenters. The summed E-state index contributed by atoms with van der Waals surface area (Å²) in [4.78, 5) is 23.8. The Hall–Kier alpha value is -0.750. The first kappa shape index (κ1) is 9.79. The quantitative estimate of drug-likeness (QED) is 0.575. The van der Waals surface area contributed by atoms with Gasteiger partial charge in [-0.25, -0.2) is 4.79 Å². The molecule has 0 aromatic carbocycles. The molecule has 2 saturated heterocycles. The van der Waals surface area contributed by atoms with Gasteiger partial charge < -0.3 is 15.7 Å². The molecule has 3 atom stereocenters. The highest BCUT2D eigenvalue weighted by atomic mass is 32.2. The van der Waals surface area contributed by atoms with E-state index in [1.54, 1.807) is 0 Å². The van der Waals surface area contributed by atoms with Gasteiger partial charge in [0.1, 0.15) is 17.5 Å². The molecule has 0 bridgehead atoms. The van der Waals surface area contributed by atoms with Crippen molar-refractivity contribution in [2.24, 2.45) is 5.73 Å².